The Hall–Kier alpha value is -0.0400. The lowest BCUT2D eigenvalue weighted by molar-refractivity contribution is 0.00872. The van der Waals surface area contributed by atoms with Gasteiger partial charge in [-0.2, -0.15) is 0 Å². The van der Waals surface area contributed by atoms with Gasteiger partial charge in [0.1, 0.15) is 0 Å². The third kappa shape index (κ3) is 1.05. The van der Waals surface area contributed by atoms with Crippen molar-refractivity contribution in [3.8, 4) is 0 Å². The van der Waals surface area contributed by atoms with E-state index in [9.17, 15) is 5.11 Å². The van der Waals surface area contributed by atoms with Gasteiger partial charge in [0, 0.05) is 0 Å². The lowest BCUT2D eigenvalue weighted by Crippen LogP contribution is -2.36. The van der Waals surface area contributed by atoms with Gasteiger partial charge in [-0.25, -0.2) is 0 Å². The van der Waals surface area contributed by atoms with Crippen molar-refractivity contribution in [3.05, 3.63) is 0 Å². The van der Waals surface area contributed by atoms with Crippen molar-refractivity contribution in [1.82, 2.24) is 0 Å². The number of hydrogen-bond acceptors (Lipinski definition) is 1. The van der Waals surface area contributed by atoms with Gasteiger partial charge in [0.15, 0.2) is 0 Å². The van der Waals surface area contributed by atoms with Gasteiger partial charge in [0.25, 0.3) is 0 Å². The topological polar surface area (TPSA) is 20.2 Å². The summed E-state index contributed by atoms with van der Waals surface area (Å²) in [6.07, 6.45) is 8.28. The third-order valence-electron chi connectivity index (χ3n) is 5.32. The lowest BCUT2D eigenvalue weighted by Gasteiger charge is -2.35. The summed E-state index contributed by atoms with van der Waals surface area (Å²) in [5, 5.41) is 10.3. The second-order valence-electron chi connectivity index (χ2n) is 5.77. The van der Waals surface area contributed by atoms with Gasteiger partial charge in [0.2, 0.25) is 0 Å². The molecule has 0 aromatic rings. The van der Waals surface area contributed by atoms with E-state index in [2.05, 4.69) is 6.92 Å². The molecule has 1 nitrogen and oxygen atoms in total. The minimum Gasteiger partial charge on any atom is -0.393 e. The molecule has 0 amide bonds. The molecule has 80 valence electrons. The zero-order valence-electron chi connectivity index (χ0n) is 9.15. The highest BCUT2D eigenvalue weighted by Crippen LogP contribution is 2.61. The summed E-state index contributed by atoms with van der Waals surface area (Å²) in [5.74, 6) is 4.21. The summed E-state index contributed by atoms with van der Waals surface area (Å²) in [6.45, 7) is 2.25. The zero-order valence-corrected chi connectivity index (χ0v) is 9.15. The van der Waals surface area contributed by atoms with Crippen molar-refractivity contribution < 1.29 is 5.11 Å². The molecule has 3 aliphatic rings. The maximum Gasteiger partial charge on any atom is 0.0602 e. The average Bonchev–Trinajstić information content (AvgIpc) is 2.78. The van der Waals surface area contributed by atoms with E-state index < -0.39 is 0 Å². The quantitative estimate of drug-likeness (QED) is 0.716. The minimum absolute atomic E-state index is 0.0688. The molecule has 1 heteroatoms. The summed E-state index contributed by atoms with van der Waals surface area (Å²) in [5.41, 5.74) is 0. The molecule has 2 bridgehead atoms. The van der Waals surface area contributed by atoms with E-state index in [1.54, 1.807) is 0 Å². The van der Waals surface area contributed by atoms with Crippen molar-refractivity contribution in [1.29, 1.82) is 0 Å². The molecule has 3 saturated carbocycles. The van der Waals surface area contributed by atoms with Crippen LogP contribution in [0, 0.1) is 29.6 Å². The first-order valence-corrected chi connectivity index (χ1v) is 6.51. The molecule has 6 atom stereocenters. The van der Waals surface area contributed by atoms with Crippen LogP contribution < -0.4 is 0 Å². The van der Waals surface area contributed by atoms with E-state index in [1.165, 1.54) is 38.5 Å². The minimum atomic E-state index is 0.0688. The molecule has 3 fully saturated rings. The van der Waals surface area contributed by atoms with Crippen LogP contribution in [-0.4, -0.2) is 11.2 Å². The Morgan fingerprint density at radius 2 is 1.79 bits per heavy atom. The van der Waals surface area contributed by atoms with Crippen molar-refractivity contribution in [2.75, 3.05) is 0 Å². The maximum atomic E-state index is 10.3. The van der Waals surface area contributed by atoms with E-state index in [1.807, 2.05) is 0 Å². The molecule has 3 aliphatic carbocycles. The summed E-state index contributed by atoms with van der Waals surface area (Å²) < 4.78 is 0. The average molecular weight is 194 g/mol. The van der Waals surface area contributed by atoms with Gasteiger partial charge in [-0.3, -0.25) is 0 Å². The fourth-order valence-corrected chi connectivity index (χ4v) is 4.92. The van der Waals surface area contributed by atoms with Gasteiger partial charge in [0.05, 0.1) is 6.10 Å². The number of rotatable bonds is 2. The second-order valence-corrected chi connectivity index (χ2v) is 5.77. The van der Waals surface area contributed by atoms with Gasteiger partial charge in [-0.05, 0) is 55.3 Å². The van der Waals surface area contributed by atoms with Crippen LogP contribution in [0.15, 0.2) is 0 Å². The van der Waals surface area contributed by atoms with Crippen molar-refractivity contribution in [2.24, 2.45) is 29.6 Å². The number of fused-ring (bicyclic) bond motifs is 5. The molecule has 0 saturated heterocycles. The predicted molar refractivity (Wildman–Crippen MR) is 56.8 cm³/mol. The number of aliphatic hydroxyl groups is 1. The molecule has 1 N–H and O–H groups in total. The molecular formula is C13H22O. The van der Waals surface area contributed by atoms with Crippen molar-refractivity contribution in [2.45, 2.75) is 51.6 Å². The van der Waals surface area contributed by atoms with Crippen LogP contribution in [0.3, 0.4) is 0 Å². The third-order valence-corrected chi connectivity index (χ3v) is 5.32. The van der Waals surface area contributed by atoms with Gasteiger partial charge in [-0.1, -0.05) is 19.8 Å². The van der Waals surface area contributed by atoms with E-state index >= 15 is 0 Å². The molecule has 0 heterocycles. The fourth-order valence-electron chi connectivity index (χ4n) is 4.92. The van der Waals surface area contributed by atoms with E-state index in [-0.39, 0.29) is 6.10 Å². The predicted octanol–water partition coefficient (Wildman–Crippen LogP) is 2.83. The normalized spacial score (nSPS) is 55.3. The first-order valence-electron chi connectivity index (χ1n) is 6.51. The Balaban J connectivity index is 1.80. The van der Waals surface area contributed by atoms with Gasteiger partial charge in [-0.15, -0.1) is 0 Å². The van der Waals surface area contributed by atoms with E-state index in [4.69, 9.17) is 0 Å². The number of aliphatic hydroxyl groups excluding tert-OH is 1. The smallest absolute Gasteiger partial charge is 0.0602 e. The molecule has 0 spiro atoms. The molecule has 14 heavy (non-hydrogen) atoms. The van der Waals surface area contributed by atoms with Crippen molar-refractivity contribution in [3.63, 3.8) is 0 Å². The van der Waals surface area contributed by atoms with Crippen LogP contribution in [0.5, 0.6) is 0 Å². The van der Waals surface area contributed by atoms with Crippen molar-refractivity contribution >= 4 is 0 Å². The Labute approximate surface area is 86.9 Å². The van der Waals surface area contributed by atoms with Crippen LogP contribution in [-0.2, 0) is 0 Å². The van der Waals surface area contributed by atoms with E-state index in [0.717, 1.165) is 17.8 Å². The van der Waals surface area contributed by atoms with Crippen LogP contribution in [0.1, 0.15) is 45.4 Å². The molecule has 0 aliphatic heterocycles. The second kappa shape index (κ2) is 3.23. The van der Waals surface area contributed by atoms with Crippen LogP contribution in [0.4, 0.5) is 0 Å². The fraction of sp³-hybridized carbons (Fsp3) is 1.00. The first kappa shape index (κ1) is 9.21. The molecule has 0 aromatic heterocycles. The Morgan fingerprint density at radius 1 is 1.07 bits per heavy atom. The highest BCUT2D eigenvalue weighted by atomic mass is 16.3. The van der Waals surface area contributed by atoms with Gasteiger partial charge < -0.3 is 5.11 Å². The van der Waals surface area contributed by atoms with Crippen LogP contribution in [0.2, 0.25) is 0 Å². The first-order chi connectivity index (χ1) is 6.83. The van der Waals surface area contributed by atoms with Crippen LogP contribution in [0.25, 0.3) is 0 Å². The summed E-state index contributed by atoms with van der Waals surface area (Å²) in [4.78, 5) is 0. The monoisotopic (exact) mass is 194 g/mol. The number of hydrogen-bond donors (Lipinski definition) is 1. The highest BCUT2D eigenvalue weighted by molar-refractivity contribution is 5.06. The Bertz CT molecular complexity index is 225. The Morgan fingerprint density at radius 3 is 2.50 bits per heavy atom. The summed E-state index contributed by atoms with van der Waals surface area (Å²) >= 11 is 0. The largest absolute Gasteiger partial charge is 0.393 e. The molecule has 3 rings (SSSR count). The SMILES string of the molecule is CCCC1C(O)C2CC1C1CCCC21. The zero-order chi connectivity index (χ0) is 9.71. The van der Waals surface area contributed by atoms with Gasteiger partial charge >= 0.3 is 0 Å². The molecular weight excluding hydrogens is 172 g/mol. The standard InChI is InChI=1S/C13H22O/c1-2-4-10-11-7-12(13(10)14)9-6-3-5-8(9)11/h8-14H,2-7H2,1H3. The molecule has 6 unspecified atom stereocenters. The van der Waals surface area contributed by atoms with E-state index in [0.29, 0.717) is 11.8 Å². The maximum absolute atomic E-state index is 10.3. The highest BCUT2D eigenvalue weighted by Gasteiger charge is 2.57. The lowest BCUT2D eigenvalue weighted by atomic mass is 9.72. The molecule has 0 aromatic carbocycles. The van der Waals surface area contributed by atoms with Crippen LogP contribution >= 0.6 is 0 Å². The summed E-state index contributed by atoms with van der Waals surface area (Å²) in [7, 11) is 0. The molecule has 0 radical (unpaired) electrons. The Kier molecular flexibility index (Phi) is 2.12. The summed E-state index contributed by atoms with van der Waals surface area (Å²) in [6, 6.07) is 0.